The van der Waals surface area contributed by atoms with Crippen LogP contribution in [-0.4, -0.2) is 18.7 Å². The van der Waals surface area contributed by atoms with E-state index in [1.165, 1.54) is 12.1 Å². The van der Waals surface area contributed by atoms with Crippen LogP contribution in [0, 0.1) is 0 Å². The number of alkyl halides is 3. The number of fused-ring (bicyclic) bond motifs is 1. The van der Waals surface area contributed by atoms with Crippen LogP contribution in [0.4, 0.5) is 18.9 Å². The smallest absolute Gasteiger partial charge is 0.416 e. The molecule has 2 aliphatic rings. The van der Waals surface area contributed by atoms with E-state index in [2.05, 4.69) is 10.6 Å². The number of carbonyl (C=O) groups excluding carboxylic acids is 1. The van der Waals surface area contributed by atoms with Crippen molar-refractivity contribution >= 4 is 11.6 Å². The second kappa shape index (κ2) is 8.45. The fourth-order valence-electron chi connectivity index (χ4n) is 3.88. The first-order chi connectivity index (χ1) is 14.4. The monoisotopic (exact) mass is 419 g/mol. The van der Waals surface area contributed by atoms with Gasteiger partial charge in [0.1, 0.15) is 0 Å². The van der Waals surface area contributed by atoms with Crippen LogP contribution in [0.25, 0.3) is 5.32 Å². The van der Waals surface area contributed by atoms with Crippen LogP contribution in [0.3, 0.4) is 0 Å². The maximum atomic E-state index is 13.2. The third-order valence-corrected chi connectivity index (χ3v) is 5.37. The Morgan fingerprint density at radius 3 is 2.60 bits per heavy atom. The summed E-state index contributed by atoms with van der Waals surface area (Å²) in [6.45, 7) is 0.0207. The van der Waals surface area contributed by atoms with Gasteiger partial charge >= 0.3 is 6.18 Å². The molecule has 0 spiro atoms. The highest BCUT2D eigenvalue weighted by Crippen LogP contribution is 2.44. The van der Waals surface area contributed by atoms with Gasteiger partial charge in [-0.05, 0) is 30.5 Å². The SMILES string of the molecule is O=C(NC1CCCCC1)C([N-]c1cccc(C(F)(F)F)c1)c1cccc2c1OCO2. The Bertz CT molecular complexity index is 911. The summed E-state index contributed by atoms with van der Waals surface area (Å²) in [7, 11) is 0. The predicted molar refractivity (Wildman–Crippen MR) is 105 cm³/mol. The molecule has 1 fully saturated rings. The molecule has 2 aromatic rings. The van der Waals surface area contributed by atoms with Crippen LogP contribution >= 0.6 is 0 Å². The second-order valence-electron chi connectivity index (χ2n) is 7.50. The molecule has 0 radical (unpaired) electrons. The van der Waals surface area contributed by atoms with E-state index in [4.69, 9.17) is 9.47 Å². The molecule has 0 aromatic heterocycles. The van der Waals surface area contributed by atoms with Crippen LogP contribution in [0.1, 0.15) is 49.3 Å². The number of benzene rings is 2. The summed E-state index contributed by atoms with van der Waals surface area (Å²) in [5.74, 6) is 0.530. The number of halogens is 3. The lowest BCUT2D eigenvalue weighted by molar-refractivity contribution is -0.137. The summed E-state index contributed by atoms with van der Waals surface area (Å²) < 4.78 is 50.3. The zero-order chi connectivity index (χ0) is 21.1. The van der Waals surface area contributed by atoms with E-state index in [0.29, 0.717) is 17.1 Å². The van der Waals surface area contributed by atoms with Gasteiger partial charge < -0.3 is 20.1 Å². The van der Waals surface area contributed by atoms with Gasteiger partial charge in [-0.2, -0.15) is 13.2 Å². The Morgan fingerprint density at radius 2 is 1.83 bits per heavy atom. The van der Waals surface area contributed by atoms with Crippen LogP contribution in [-0.2, 0) is 11.0 Å². The Kier molecular flexibility index (Phi) is 5.74. The molecule has 160 valence electrons. The fourth-order valence-corrected chi connectivity index (χ4v) is 3.88. The third-order valence-electron chi connectivity index (χ3n) is 5.37. The quantitative estimate of drug-likeness (QED) is 0.683. The van der Waals surface area contributed by atoms with Crippen LogP contribution < -0.4 is 14.8 Å². The highest BCUT2D eigenvalue weighted by Gasteiger charge is 2.30. The van der Waals surface area contributed by atoms with Crippen LogP contribution in [0.5, 0.6) is 11.5 Å². The van der Waals surface area contributed by atoms with Crippen molar-refractivity contribution in [1.82, 2.24) is 5.32 Å². The zero-order valence-electron chi connectivity index (χ0n) is 16.2. The normalized spacial score (nSPS) is 17.4. The van der Waals surface area contributed by atoms with E-state index in [1.807, 2.05) is 0 Å². The van der Waals surface area contributed by atoms with E-state index in [-0.39, 0.29) is 24.4 Å². The number of hydrogen-bond donors (Lipinski definition) is 1. The Morgan fingerprint density at radius 1 is 1.07 bits per heavy atom. The number of nitrogens with one attached hydrogen (secondary N) is 1. The fraction of sp³-hybridized carbons (Fsp3) is 0.409. The molecule has 2 aromatic carbocycles. The third kappa shape index (κ3) is 4.47. The van der Waals surface area contributed by atoms with Gasteiger partial charge in [0.15, 0.2) is 11.5 Å². The average Bonchev–Trinajstić information content (AvgIpc) is 3.21. The average molecular weight is 419 g/mol. The van der Waals surface area contributed by atoms with Crippen molar-refractivity contribution in [1.29, 1.82) is 0 Å². The number of para-hydroxylation sites is 1. The largest absolute Gasteiger partial charge is 0.670 e. The first kappa shape index (κ1) is 20.4. The van der Waals surface area contributed by atoms with Gasteiger partial charge in [-0.3, -0.25) is 4.79 Å². The number of nitrogens with zero attached hydrogens (tertiary/aromatic N) is 1. The highest BCUT2D eigenvalue weighted by molar-refractivity contribution is 5.89. The first-order valence-electron chi connectivity index (χ1n) is 9.99. The minimum Gasteiger partial charge on any atom is -0.670 e. The molecule has 1 aliphatic heterocycles. The Balaban J connectivity index is 1.64. The summed E-state index contributed by atoms with van der Waals surface area (Å²) in [4.78, 5) is 13.2. The molecule has 4 rings (SSSR count). The van der Waals surface area contributed by atoms with Gasteiger partial charge in [0, 0.05) is 6.04 Å². The van der Waals surface area contributed by atoms with E-state index in [9.17, 15) is 18.0 Å². The maximum Gasteiger partial charge on any atom is 0.416 e. The lowest BCUT2D eigenvalue weighted by Crippen LogP contribution is -2.39. The Labute approximate surface area is 172 Å². The Hall–Kier alpha value is -2.90. The van der Waals surface area contributed by atoms with Crippen molar-refractivity contribution in [3.8, 4) is 11.5 Å². The maximum absolute atomic E-state index is 13.2. The number of amides is 1. The van der Waals surface area contributed by atoms with E-state index in [0.717, 1.165) is 44.2 Å². The van der Waals surface area contributed by atoms with Gasteiger partial charge in [0.05, 0.1) is 5.56 Å². The summed E-state index contributed by atoms with van der Waals surface area (Å²) in [5.41, 5.74) is -0.270. The van der Waals surface area contributed by atoms with E-state index < -0.39 is 17.8 Å². The number of rotatable bonds is 5. The van der Waals surface area contributed by atoms with Crippen molar-refractivity contribution in [3.63, 3.8) is 0 Å². The lowest BCUT2D eigenvalue weighted by Gasteiger charge is -2.35. The van der Waals surface area contributed by atoms with Gasteiger partial charge in [0.2, 0.25) is 12.7 Å². The zero-order valence-corrected chi connectivity index (χ0v) is 16.2. The highest BCUT2D eigenvalue weighted by atomic mass is 19.4. The topological polar surface area (TPSA) is 61.7 Å². The summed E-state index contributed by atoms with van der Waals surface area (Å²) in [6.07, 6.45) is 0.497. The minimum atomic E-state index is -4.49. The lowest BCUT2D eigenvalue weighted by atomic mass is 9.94. The molecule has 1 unspecified atom stereocenters. The van der Waals surface area contributed by atoms with Crippen molar-refractivity contribution in [3.05, 3.63) is 58.9 Å². The first-order valence-corrected chi connectivity index (χ1v) is 9.99. The molecule has 1 amide bonds. The number of carbonyl (C=O) groups is 1. The predicted octanol–water partition coefficient (Wildman–Crippen LogP) is 5.63. The molecule has 0 bridgehead atoms. The minimum absolute atomic E-state index is 0.0207. The second-order valence-corrected chi connectivity index (χ2v) is 7.50. The number of hydrogen-bond acceptors (Lipinski definition) is 3. The van der Waals surface area contributed by atoms with Gasteiger partial charge in [-0.25, -0.2) is 0 Å². The van der Waals surface area contributed by atoms with Crippen LogP contribution in [0.15, 0.2) is 42.5 Å². The summed E-state index contributed by atoms with van der Waals surface area (Å²) in [6, 6.07) is 8.78. The van der Waals surface area contributed by atoms with Gasteiger partial charge in [-0.1, -0.05) is 55.7 Å². The number of ether oxygens (including phenoxy) is 2. The molecular formula is C22H22F3N2O3-. The molecule has 1 saturated carbocycles. The molecule has 30 heavy (non-hydrogen) atoms. The molecule has 1 N–H and O–H groups in total. The van der Waals surface area contributed by atoms with E-state index >= 15 is 0 Å². The molecule has 0 saturated heterocycles. The van der Waals surface area contributed by atoms with E-state index in [1.54, 1.807) is 18.2 Å². The van der Waals surface area contributed by atoms with Crippen molar-refractivity contribution < 1.29 is 27.4 Å². The molecule has 1 heterocycles. The van der Waals surface area contributed by atoms with Gasteiger partial charge in [-0.15, -0.1) is 5.69 Å². The van der Waals surface area contributed by atoms with Crippen molar-refractivity contribution in [2.75, 3.05) is 6.79 Å². The molecule has 1 atom stereocenters. The van der Waals surface area contributed by atoms with Crippen molar-refractivity contribution in [2.24, 2.45) is 0 Å². The van der Waals surface area contributed by atoms with Crippen LogP contribution in [0.2, 0.25) is 0 Å². The molecular weight excluding hydrogens is 397 g/mol. The molecule has 5 nitrogen and oxygen atoms in total. The van der Waals surface area contributed by atoms with Crippen molar-refractivity contribution in [2.45, 2.75) is 50.4 Å². The molecule has 8 heteroatoms. The van der Waals surface area contributed by atoms with Gasteiger partial charge in [0.25, 0.3) is 0 Å². The summed E-state index contributed by atoms with van der Waals surface area (Å²) >= 11 is 0. The standard InChI is InChI=1S/C22H22F3N2O3/c23-22(24,25)14-6-4-9-16(12-14)26-19(21(28)27-15-7-2-1-3-8-15)17-10-5-11-18-20(17)30-13-29-18/h4-6,9-12,15,19H,1-3,7-8,13H2,(H,27,28)/q-1. The summed E-state index contributed by atoms with van der Waals surface area (Å²) in [5, 5.41) is 7.42. The molecule has 1 aliphatic carbocycles.